The van der Waals surface area contributed by atoms with Gasteiger partial charge in [0.1, 0.15) is 12.6 Å². The molecule has 5 nitrogen and oxygen atoms in total. The second-order valence-corrected chi connectivity index (χ2v) is 8.22. The van der Waals surface area contributed by atoms with Crippen molar-refractivity contribution in [3.8, 4) is 0 Å². The van der Waals surface area contributed by atoms with Gasteiger partial charge in [0, 0.05) is 6.54 Å². The van der Waals surface area contributed by atoms with E-state index in [-0.39, 0.29) is 12.5 Å². The van der Waals surface area contributed by atoms with Gasteiger partial charge < -0.3 is 9.84 Å². The molecule has 0 radical (unpaired) electrons. The number of likely N-dealkylation sites (tertiary alicyclic amines) is 1. The lowest BCUT2D eigenvalue weighted by Crippen LogP contribution is -2.40. The van der Waals surface area contributed by atoms with Crippen LogP contribution in [-0.4, -0.2) is 34.7 Å². The summed E-state index contributed by atoms with van der Waals surface area (Å²) >= 11 is 0. The van der Waals surface area contributed by atoms with Gasteiger partial charge in [0.15, 0.2) is 0 Å². The summed E-state index contributed by atoms with van der Waals surface area (Å²) in [6.45, 7) is 0.530. The molecular weight excluding hydrogens is 366 g/mol. The van der Waals surface area contributed by atoms with E-state index >= 15 is 0 Å². The summed E-state index contributed by atoms with van der Waals surface area (Å²) in [5.74, 6) is 0.371. The third-order valence-electron chi connectivity index (χ3n) is 6.21. The van der Waals surface area contributed by atoms with Gasteiger partial charge in [-0.15, -0.1) is 0 Å². The summed E-state index contributed by atoms with van der Waals surface area (Å²) in [5.41, 5.74) is 3.49. The molecule has 0 unspecified atom stereocenters. The number of benzene rings is 2. The number of rotatable bonds is 6. The van der Waals surface area contributed by atoms with Crippen molar-refractivity contribution in [2.45, 2.75) is 50.7 Å². The van der Waals surface area contributed by atoms with Crippen LogP contribution in [0.15, 0.2) is 54.6 Å². The van der Waals surface area contributed by atoms with E-state index in [0.29, 0.717) is 18.9 Å². The summed E-state index contributed by atoms with van der Waals surface area (Å²) in [5, 5.41) is 9.55. The topological polar surface area (TPSA) is 66.8 Å². The van der Waals surface area contributed by atoms with Gasteiger partial charge in [-0.2, -0.15) is 0 Å². The number of amides is 1. The van der Waals surface area contributed by atoms with Crippen LogP contribution in [-0.2, 0) is 22.6 Å². The van der Waals surface area contributed by atoms with Crippen molar-refractivity contribution in [1.29, 1.82) is 0 Å². The van der Waals surface area contributed by atoms with Crippen molar-refractivity contribution in [3.05, 3.63) is 71.3 Å². The summed E-state index contributed by atoms with van der Waals surface area (Å²) in [7, 11) is 0. The van der Waals surface area contributed by atoms with Crippen LogP contribution in [0.1, 0.15) is 48.3 Å². The first-order valence-corrected chi connectivity index (χ1v) is 10.4. The maximum Gasteiger partial charge on any atom is 0.408 e. The van der Waals surface area contributed by atoms with Crippen LogP contribution in [0.4, 0.5) is 4.79 Å². The number of hydrogen-bond donors (Lipinski definition) is 1. The fourth-order valence-corrected chi connectivity index (χ4v) is 4.33. The Hall–Kier alpha value is -2.82. The van der Waals surface area contributed by atoms with Gasteiger partial charge >= 0.3 is 12.1 Å². The first-order valence-electron chi connectivity index (χ1n) is 10.4. The lowest BCUT2D eigenvalue weighted by Gasteiger charge is -2.25. The Bertz CT molecular complexity index is 845. The Morgan fingerprint density at radius 3 is 2.34 bits per heavy atom. The predicted molar refractivity (Wildman–Crippen MR) is 110 cm³/mol. The number of carbonyl (C=O) groups is 2. The van der Waals surface area contributed by atoms with Crippen molar-refractivity contribution >= 4 is 12.1 Å². The van der Waals surface area contributed by atoms with E-state index in [1.807, 2.05) is 30.3 Å². The highest BCUT2D eigenvalue weighted by molar-refractivity contribution is 5.81. The van der Waals surface area contributed by atoms with E-state index in [0.717, 1.165) is 12.0 Å². The molecule has 29 heavy (non-hydrogen) atoms. The van der Waals surface area contributed by atoms with E-state index in [4.69, 9.17) is 4.74 Å². The van der Waals surface area contributed by atoms with E-state index in [1.165, 1.54) is 35.3 Å². The maximum absolute atomic E-state index is 12.6. The van der Waals surface area contributed by atoms with Crippen LogP contribution in [0.25, 0.3) is 0 Å². The number of carbonyl (C=O) groups excluding carboxylic acids is 1. The Morgan fingerprint density at radius 2 is 1.72 bits per heavy atom. The molecule has 0 bridgehead atoms. The summed E-state index contributed by atoms with van der Waals surface area (Å²) in [6, 6.07) is 17.4. The number of hydrogen-bond acceptors (Lipinski definition) is 3. The van der Waals surface area contributed by atoms with Crippen LogP contribution in [0, 0.1) is 5.92 Å². The highest BCUT2D eigenvalue weighted by Crippen LogP contribution is 2.36. The SMILES string of the molecule is O=C(OCc1ccccc1)[C@H]1C[C@H](Cc2ccc(C3CCC3)cc2)CN1C(=O)O. The molecule has 1 aliphatic heterocycles. The molecule has 5 heteroatoms. The molecule has 1 saturated carbocycles. The van der Waals surface area contributed by atoms with Gasteiger partial charge in [-0.25, -0.2) is 9.59 Å². The molecule has 2 aromatic carbocycles. The molecule has 1 amide bonds. The quantitative estimate of drug-likeness (QED) is 0.728. The van der Waals surface area contributed by atoms with Crippen molar-refractivity contribution in [2.24, 2.45) is 5.92 Å². The highest BCUT2D eigenvalue weighted by atomic mass is 16.5. The lowest BCUT2D eigenvalue weighted by atomic mass is 9.80. The molecule has 1 heterocycles. The second kappa shape index (κ2) is 8.68. The lowest BCUT2D eigenvalue weighted by molar-refractivity contribution is -0.149. The molecule has 1 N–H and O–H groups in total. The Balaban J connectivity index is 1.35. The van der Waals surface area contributed by atoms with Crippen LogP contribution in [0.2, 0.25) is 0 Å². The second-order valence-electron chi connectivity index (χ2n) is 8.22. The molecule has 1 saturated heterocycles. The minimum atomic E-state index is -1.06. The number of nitrogens with zero attached hydrogens (tertiary/aromatic N) is 1. The molecule has 0 aromatic heterocycles. The fourth-order valence-electron chi connectivity index (χ4n) is 4.33. The maximum atomic E-state index is 12.6. The predicted octanol–water partition coefficient (Wildman–Crippen LogP) is 4.61. The minimum absolute atomic E-state index is 0.120. The highest BCUT2D eigenvalue weighted by Gasteiger charge is 2.40. The largest absolute Gasteiger partial charge is 0.465 e. The van der Waals surface area contributed by atoms with Crippen LogP contribution >= 0.6 is 0 Å². The van der Waals surface area contributed by atoms with Crippen LogP contribution in [0.5, 0.6) is 0 Å². The van der Waals surface area contributed by atoms with Crippen molar-refractivity contribution in [1.82, 2.24) is 4.90 Å². The first kappa shape index (κ1) is 19.5. The Kier molecular flexibility index (Phi) is 5.84. The third-order valence-corrected chi connectivity index (χ3v) is 6.21. The van der Waals surface area contributed by atoms with E-state index in [2.05, 4.69) is 24.3 Å². The third kappa shape index (κ3) is 4.61. The summed E-state index contributed by atoms with van der Waals surface area (Å²) < 4.78 is 5.41. The molecule has 2 aliphatic rings. The zero-order valence-electron chi connectivity index (χ0n) is 16.5. The van der Waals surface area contributed by atoms with E-state index < -0.39 is 18.1 Å². The average Bonchev–Trinajstić information content (AvgIpc) is 3.11. The number of carboxylic acid groups (broad SMARTS) is 1. The van der Waals surface area contributed by atoms with E-state index in [9.17, 15) is 14.7 Å². The monoisotopic (exact) mass is 393 g/mol. The molecular formula is C24H27NO4. The smallest absolute Gasteiger partial charge is 0.408 e. The van der Waals surface area contributed by atoms with Gasteiger partial charge in [0.2, 0.25) is 0 Å². The number of ether oxygens (including phenoxy) is 1. The minimum Gasteiger partial charge on any atom is -0.465 e. The fraction of sp³-hybridized carbons (Fsp3) is 0.417. The van der Waals surface area contributed by atoms with Crippen LogP contribution in [0.3, 0.4) is 0 Å². The Labute approximate surface area is 171 Å². The molecule has 1 aliphatic carbocycles. The summed E-state index contributed by atoms with van der Waals surface area (Å²) in [4.78, 5) is 25.5. The first-order chi connectivity index (χ1) is 14.1. The zero-order chi connectivity index (χ0) is 20.2. The van der Waals surface area contributed by atoms with Crippen molar-refractivity contribution < 1.29 is 19.4 Å². The van der Waals surface area contributed by atoms with Gasteiger partial charge in [0.25, 0.3) is 0 Å². The molecule has 4 rings (SSSR count). The van der Waals surface area contributed by atoms with E-state index in [1.54, 1.807) is 0 Å². The molecule has 2 aromatic rings. The van der Waals surface area contributed by atoms with Gasteiger partial charge in [-0.1, -0.05) is 61.0 Å². The van der Waals surface area contributed by atoms with Gasteiger partial charge in [-0.3, -0.25) is 4.90 Å². The average molecular weight is 393 g/mol. The number of esters is 1. The van der Waals surface area contributed by atoms with Crippen LogP contribution < -0.4 is 0 Å². The zero-order valence-corrected chi connectivity index (χ0v) is 16.5. The Morgan fingerprint density at radius 1 is 1.00 bits per heavy atom. The normalized spacial score (nSPS) is 21.6. The standard InChI is InChI=1S/C24H27NO4/c26-23(29-16-18-5-2-1-3-6-18)22-14-19(15-25(22)24(27)28)13-17-9-11-21(12-10-17)20-7-4-8-20/h1-3,5-6,9-12,19-20,22H,4,7-8,13-16H2,(H,27,28)/t19-,22+/m0/s1. The molecule has 152 valence electrons. The summed E-state index contributed by atoms with van der Waals surface area (Å²) in [6.07, 6.45) is 4.10. The van der Waals surface area contributed by atoms with Gasteiger partial charge in [0.05, 0.1) is 0 Å². The molecule has 2 atom stereocenters. The molecule has 0 spiro atoms. The molecule has 2 fully saturated rings. The van der Waals surface area contributed by atoms with Crippen molar-refractivity contribution in [2.75, 3.05) is 6.54 Å². The van der Waals surface area contributed by atoms with Crippen molar-refractivity contribution in [3.63, 3.8) is 0 Å². The van der Waals surface area contributed by atoms with Gasteiger partial charge in [-0.05, 0) is 54.2 Å².